The van der Waals surface area contributed by atoms with Crippen LogP contribution in [0.4, 0.5) is 15.8 Å². The zero-order valence-electron chi connectivity index (χ0n) is 9.89. The van der Waals surface area contributed by atoms with Gasteiger partial charge < -0.3 is 9.73 Å². The number of hydrogen-bond donors (Lipinski definition) is 1. The molecule has 94 valence electrons. The van der Waals surface area contributed by atoms with Crippen molar-refractivity contribution in [3.05, 3.63) is 70.8 Å². The maximum absolute atomic E-state index is 12.8. The summed E-state index contributed by atoms with van der Waals surface area (Å²) >= 11 is 0. The molecule has 0 saturated carbocycles. The third-order valence-corrected chi connectivity index (χ3v) is 2.77. The minimum Gasteiger partial charge on any atom is -0.423 e. The summed E-state index contributed by atoms with van der Waals surface area (Å²) in [6.45, 7) is 0. The third-order valence-electron chi connectivity index (χ3n) is 2.77. The Hall–Kier alpha value is -2.62. The van der Waals surface area contributed by atoms with Gasteiger partial charge in [-0.1, -0.05) is 12.1 Å². The van der Waals surface area contributed by atoms with Crippen LogP contribution in [-0.4, -0.2) is 0 Å². The molecule has 0 aliphatic rings. The highest BCUT2D eigenvalue weighted by molar-refractivity contribution is 5.91. The zero-order valence-corrected chi connectivity index (χ0v) is 9.89. The molecule has 3 nitrogen and oxygen atoms in total. The lowest BCUT2D eigenvalue weighted by molar-refractivity contribution is 0.561. The average Bonchev–Trinajstić information content (AvgIpc) is 2.41. The fourth-order valence-corrected chi connectivity index (χ4v) is 1.90. The quantitative estimate of drug-likeness (QED) is 0.710. The number of hydrogen-bond acceptors (Lipinski definition) is 3. The van der Waals surface area contributed by atoms with Crippen LogP contribution < -0.4 is 10.9 Å². The molecular weight excluding hydrogens is 245 g/mol. The van der Waals surface area contributed by atoms with Gasteiger partial charge in [0.25, 0.3) is 0 Å². The zero-order chi connectivity index (χ0) is 13.2. The van der Waals surface area contributed by atoms with Gasteiger partial charge in [-0.15, -0.1) is 0 Å². The Labute approximate surface area is 108 Å². The Morgan fingerprint density at radius 2 is 1.74 bits per heavy atom. The second kappa shape index (κ2) is 4.57. The third kappa shape index (κ3) is 2.33. The molecule has 4 heteroatoms. The van der Waals surface area contributed by atoms with Crippen LogP contribution in [0.3, 0.4) is 0 Å². The first-order valence-corrected chi connectivity index (χ1v) is 5.78. The van der Waals surface area contributed by atoms with E-state index in [0.717, 1.165) is 5.39 Å². The lowest BCUT2D eigenvalue weighted by Crippen LogP contribution is -2.01. The topological polar surface area (TPSA) is 42.2 Å². The van der Waals surface area contributed by atoms with Crippen molar-refractivity contribution in [1.29, 1.82) is 0 Å². The first-order chi connectivity index (χ1) is 9.22. The molecule has 3 rings (SSSR count). The fourth-order valence-electron chi connectivity index (χ4n) is 1.90. The lowest BCUT2D eigenvalue weighted by atomic mass is 10.2. The second-order valence-corrected chi connectivity index (χ2v) is 4.11. The van der Waals surface area contributed by atoms with Crippen LogP contribution in [0.15, 0.2) is 63.8 Å². The Kier molecular flexibility index (Phi) is 2.76. The monoisotopic (exact) mass is 255 g/mol. The molecule has 0 aliphatic carbocycles. The summed E-state index contributed by atoms with van der Waals surface area (Å²) in [6, 6.07) is 14.6. The van der Waals surface area contributed by atoms with Crippen LogP contribution in [0.2, 0.25) is 0 Å². The van der Waals surface area contributed by atoms with Gasteiger partial charge >= 0.3 is 5.63 Å². The molecule has 3 aromatic rings. The molecule has 1 heterocycles. The molecule has 2 aromatic carbocycles. The summed E-state index contributed by atoms with van der Waals surface area (Å²) in [4.78, 5) is 11.5. The Morgan fingerprint density at radius 3 is 2.53 bits per heavy atom. The van der Waals surface area contributed by atoms with Gasteiger partial charge in [-0.2, -0.15) is 0 Å². The van der Waals surface area contributed by atoms with E-state index in [4.69, 9.17) is 4.42 Å². The molecule has 0 spiro atoms. The van der Waals surface area contributed by atoms with Crippen molar-refractivity contribution in [2.45, 2.75) is 0 Å². The molecule has 0 aliphatic heterocycles. The molecule has 1 N–H and O–H groups in total. The summed E-state index contributed by atoms with van der Waals surface area (Å²) in [5, 5.41) is 3.89. The molecule has 1 aromatic heterocycles. The largest absolute Gasteiger partial charge is 0.423 e. The number of benzene rings is 2. The van der Waals surface area contributed by atoms with Crippen LogP contribution in [-0.2, 0) is 0 Å². The minimum absolute atomic E-state index is 0.303. The van der Waals surface area contributed by atoms with Crippen LogP contribution in [0.5, 0.6) is 0 Å². The number of rotatable bonds is 2. The predicted molar refractivity (Wildman–Crippen MR) is 72.2 cm³/mol. The first-order valence-electron chi connectivity index (χ1n) is 5.78. The van der Waals surface area contributed by atoms with Gasteiger partial charge in [-0.3, -0.25) is 0 Å². The number of nitrogens with one attached hydrogen (secondary N) is 1. The van der Waals surface area contributed by atoms with E-state index < -0.39 is 5.63 Å². The summed E-state index contributed by atoms with van der Waals surface area (Å²) < 4.78 is 18.0. The maximum Gasteiger partial charge on any atom is 0.338 e. The van der Waals surface area contributed by atoms with Gasteiger partial charge in [0.2, 0.25) is 0 Å². The SMILES string of the molecule is O=c1cc(Nc2ccc(F)cc2)c2ccccc2o1. The van der Waals surface area contributed by atoms with Gasteiger partial charge in [0.05, 0.1) is 5.69 Å². The molecule has 0 unspecified atom stereocenters. The number of anilines is 2. The lowest BCUT2D eigenvalue weighted by Gasteiger charge is -2.08. The van der Waals surface area contributed by atoms with Gasteiger partial charge in [-0.25, -0.2) is 9.18 Å². The molecule has 0 amide bonds. The van der Waals surface area contributed by atoms with Crippen molar-refractivity contribution in [3.8, 4) is 0 Å². The number of halogens is 1. The highest BCUT2D eigenvalue weighted by Crippen LogP contribution is 2.24. The van der Waals surface area contributed by atoms with Gasteiger partial charge in [0.1, 0.15) is 11.4 Å². The van der Waals surface area contributed by atoms with E-state index in [1.54, 1.807) is 24.3 Å². The van der Waals surface area contributed by atoms with Crippen LogP contribution >= 0.6 is 0 Å². The maximum atomic E-state index is 12.8. The van der Waals surface area contributed by atoms with E-state index in [-0.39, 0.29) is 5.82 Å². The summed E-state index contributed by atoms with van der Waals surface area (Å²) in [5.74, 6) is -0.303. The van der Waals surface area contributed by atoms with E-state index >= 15 is 0 Å². The minimum atomic E-state index is -0.427. The van der Waals surface area contributed by atoms with E-state index in [2.05, 4.69) is 5.32 Å². The number of fused-ring (bicyclic) bond motifs is 1. The standard InChI is InChI=1S/C15H10FNO2/c16-10-5-7-11(8-6-10)17-13-9-15(18)19-14-4-2-1-3-12(13)14/h1-9,17H. The Morgan fingerprint density at radius 1 is 1.00 bits per heavy atom. The molecule has 0 radical (unpaired) electrons. The second-order valence-electron chi connectivity index (χ2n) is 4.11. The Bertz CT molecular complexity index is 778. The number of para-hydroxylation sites is 1. The van der Waals surface area contributed by atoms with Crippen LogP contribution in [0, 0.1) is 5.82 Å². The van der Waals surface area contributed by atoms with Crippen molar-refractivity contribution >= 4 is 22.3 Å². The molecule has 0 saturated heterocycles. The normalized spacial score (nSPS) is 10.6. The molecule has 0 atom stereocenters. The van der Waals surface area contributed by atoms with E-state index in [1.807, 2.05) is 12.1 Å². The molecular formula is C15H10FNO2. The van der Waals surface area contributed by atoms with Gasteiger partial charge in [-0.05, 0) is 36.4 Å². The van der Waals surface area contributed by atoms with Crippen molar-refractivity contribution in [1.82, 2.24) is 0 Å². The Balaban J connectivity index is 2.09. The molecule has 19 heavy (non-hydrogen) atoms. The molecule has 0 fully saturated rings. The smallest absolute Gasteiger partial charge is 0.338 e. The van der Waals surface area contributed by atoms with Crippen molar-refractivity contribution in [3.63, 3.8) is 0 Å². The van der Waals surface area contributed by atoms with Crippen LogP contribution in [0.25, 0.3) is 11.0 Å². The molecule has 0 bridgehead atoms. The fraction of sp³-hybridized carbons (Fsp3) is 0. The highest BCUT2D eigenvalue weighted by Gasteiger charge is 2.05. The summed E-state index contributed by atoms with van der Waals surface area (Å²) in [6.07, 6.45) is 0. The van der Waals surface area contributed by atoms with Crippen LogP contribution in [0.1, 0.15) is 0 Å². The first kappa shape index (κ1) is 11.5. The van der Waals surface area contributed by atoms with E-state index in [9.17, 15) is 9.18 Å². The van der Waals surface area contributed by atoms with Crippen molar-refractivity contribution in [2.24, 2.45) is 0 Å². The average molecular weight is 255 g/mol. The van der Waals surface area contributed by atoms with E-state index in [0.29, 0.717) is 17.0 Å². The summed E-state index contributed by atoms with van der Waals surface area (Å²) in [7, 11) is 0. The van der Waals surface area contributed by atoms with Crippen molar-refractivity contribution < 1.29 is 8.81 Å². The van der Waals surface area contributed by atoms with Gasteiger partial charge in [0.15, 0.2) is 0 Å². The van der Waals surface area contributed by atoms with Crippen molar-refractivity contribution in [2.75, 3.05) is 5.32 Å². The predicted octanol–water partition coefficient (Wildman–Crippen LogP) is 3.68. The van der Waals surface area contributed by atoms with E-state index in [1.165, 1.54) is 18.2 Å². The highest BCUT2D eigenvalue weighted by atomic mass is 19.1. The van der Waals surface area contributed by atoms with Gasteiger partial charge in [0, 0.05) is 17.1 Å². The summed E-state index contributed by atoms with van der Waals surface area (Å²) in [5.41, 5.74) is 1.43.